The van der Waals surface area contributed by atoms with E-state index in [-0.39, 0.29) is 30.4 Å². The van der Waals surface area contributed by atoms with Crippen molar-refractivity contribution in [3.8, 4) is 5.75 Å². The molecular formula is C27H25FN2O3. The lowest BCUT2D eigenvalue weighted by atomic mass is 10.1. The van der Waals surface area contributed by atoms with E-state index in [9.17, 15) is 14.0 Å². The average molecular weight is 445 g/mol. The number of carbonyl (C=O) groups excluding carboxylic acids is 1. The molecule has 0 radical (unpaired) electrons. The van der Waals surface area contributed by atoms with Crippen molar-refractivity contribution in [2.75, 3.05) is 6.61 Å². The normalized spacial score (nSPS) is 10.9. The summed E-state index contributed by atoms with van der Waals surface area (Å²) in [5.74, 6) is 0.162. The molecule has 0 aliphatic rings. The quantitative estimate of drug-likeness (QED) is 0.425. The molecule has 3 aromatic carbocycles. The van der Waals surface area contributed by atoms with E-state index in [1.165, 1.54) is 12.1 Å². The van der Waals surface area contributed by atoms with Crippen LogP contribution in [0, 0.1) is 12.7 Å². The Morgan fingerprint density at radius 2 is 1.70 bits per heavy atom. The van der Waals surface area contributed by atoms with Crippen LogP contribution in [-0.4, -0.2) is 22.4 Å². The molecule has 4 aromatic rings. The molecule has 0 atom stereocenters. The molecule has 6 heteroatoms. The maximum Gasteiger partial charge on any atom is 0.254 e. The van der Waals surface area contributed by atoms with Gasteiger partial charge in [-0.05, 0) is 67.9 Å². The van der Waals surface area contributed by atoms with E-state index in [4.69, 9.17) is 4.74 Å². The van der Waals surface area contributed by atoms with E-state index >= 15 is 0 Å². The van der Waals surface area contributed by atoms with E-state index in [0.29, 0.717) is 29.0 Å². The summed E-state index contributed by atoms with van der Waals surface area (Å²) in [5.41, 5.74) is 3.24. The molecule has 1 aromatic heterocycles. The first-order chi connectivity index (χ1) is 15.9. The van der Waals surface area contributed by atoms with Crippen LogP contribution in [0.1, 0.15) is 34.0 Å². The maximum absolute atomic E-state index is 13.4. The fourth-order valence-corrected chi connectivity index (χ4v) is 3.70. The lowest BCUT2D eigenvalue weighted by Gasteiger charge is -2.23. The highest BCUT2D eigenvalue weighted by atomic mass is 19.1. The summed E-state index contributed by atoms with van der Waals surface area (Å²) in [6.45, 7) is 4.75. The van der Waals surface area contributed by atoms with Crippen LogP contribution in [0.4, 0.5) is 4.39 Å². The van der Waals surface area contributed by atoms with Gasteiger partial charge in [-0.15, -0.1) is 0 Å². The number of fused-ring (bicyclic) bond motifs is 1. The van der Waals surface area contributed by atoms with Gasteiger partial charge in [-0.2, -0.15) is 0 Å². The molecule has 0 aliphatic heterocycles. The van der Waals surface area contributed by atoms with E-state index in [0.717, 1.165) is 16.5 Å². The van der Waals surface area contributed by atoms with E-state index in [1.54, 1.807) is 41.3 Å². The second-order valence-electron chi connectivity index (χ2n) is 7.96. The highest BCUT2D eigenvalue weighted by Gasteiger charge is 2.19. The second kappa shape index (κ2) is 9.69. The van der Waals surface area contributed by atoms with Crippen molar-refractivity contribution < 1.29 is 13.9 Å². The number of amides is 1. The molecular weight excluding hydrogens is 419 g/mol. The van der Waals surface area contributed by atoms with Crippen molar-refractivity contribution in [1.29, 1.82) is 0 Å². The summed E-state index contributed by atoms with van der Waals surface area (Å²) in [7, 11) is 0. The predicted octanol–water partition coefficient (Wildman–Crippen LogP) is 5.22. The smallest absolute Gasteiger partial charge is 0.254 e. The fraction of sp³-hybridized carbons (Fsp3) is 0.185. The molecule has 33 heavy (non-hydrogen) atoms. The lowest BCUT2D eigenvalue weighted by Crippen LogP contribution is -2.32. The van der Waals surface area contributed by atoms with Gasteiger partial charge in [0, 0.05) is 28.6 Å². The Morgan fingerprint density at radius 1 is 0.970 bits per heavy atom. The maximum atomic E-state index is 13.4. The molecule has 0 bridgehead atoms. The minimum atomic E-state index is -0.341. The number of benzene rings is 3. The molecule has 168 valence electrons. The number of aromatic nitrogens is 1. The van der Waals surface area contributed by atoms with E-state index in [2.05, 4.69) is 4.98 Å². The zero-order valence-electron chi connectivity index (χ0n) is 18.6. The van der Waals surface area contributed by atoms with Gasteiger partial charge in [0.25, 0.3) is 11.5 Å². The second-order valence-corrected chi connectivity index (χ2v) is 7.96. The Balaban J connectivity index is 1.70. The number of aromatic amines is 1. The summed E-state index contributed by atoms with van der Waals surface area (Å²) in [6, 6.07) is 20.6. The van der Waals surface area contributed by atoms with Crippen LogP contribution in [0.2, 0.25) is 0 Å². The third-order valence-electron chi connectivity index (χ3n) is 5.44. The number of hydrogen-bond donors (Lipinski definition) is 1. The molecule has 5 nitrogen and oxygen atoms in total. The van der Waals surface area contributed by atoms with Crippen LogP contribution in [0.5, 0.6) is 5.75 Å². The molecule has 1 N–H and O–H groups in total. The SMILES string of the molecule is CCOc1ccc2[nH]c(=O)c(CN(Cc3ccc(F)cc3)C(=O)c3ccc(C)cc3)cc2c1. The fourth-order valence-electron chi connectivity index (χ4n) is 3.70. The topological polar surface area (TPSA) is 62.4 Å². The molecule has 0 spiro atoms. The summed E-state index contributed by atoms with van der Waals surface area (Å²) < 4.78 is 19.0. The van der Waals surface area contributed by atoms with Crippen molar-refractivity contribution in [3.63, 3.8) is 0 Å². The number of nitrogens with one attached hydrogen (secondary N) is 1. The highest BCUT2D eigenvalue weighted by Crippen LogP contribution is 2.21. The van der Waals surface area contributed by atoms with Crippen LogP contribution in [0.15, 0.2) is 77.6 Å². The highest BCUT2D eigenvalue weighted by molar-refractivity contribution is 5.94. The number of nitrogens with zero attached hydrogens (tertiary/aromatic N) is 1. The Labute approximate surface area is 191 Å². The minimum absolute atomic E-state index is 0.105. The number of rotatable bonds is 7. The minimum Gasteiger partial charge on any atom is -0.494 e. The van der Waals surface area contributed by atoms with Gasteiger partial charge in [0.1, 0.15) is 11.6 Å². The molecule has 0 saturated heterocycles. The van der Waals surface area contributed by atoms with E-state index < -0.39 is 0 Å². The number of pyridine rings is 1. The Morgan fingerprint density at radius 3 is 2.39 bits per heavy atom. The molecule has 0 unspecified atom stereocenters. The van der Waals surface area contributed by atoms with Crippen LogP contribution < -0.4 is 10.3 Å². The lowest BCUT2D eigenvalue weighted by molar-refractivity contribution is 0.0729. The first-order valence-corrected chi connectivity index (χ1v) is 10.8. The van der Waals surface area contributed by atoms with Gasteiger partial charge in [0.05, 0.1) is 13.2 Å². The molecule has 1 amide bonds. The Bertz CT molecular complexity index is 1330. The molecule has 1 heterocycles. The first-order valence-electron chi connectivity index (χ1n) is 10.8. The van der Waals surface area contributed by atoms with Gasteiger partial charge in [0.2, 0.25) is 0 Å². The number of carbonyl (C=O) groups is 1. The van der Waals surface area contributed by atoms with Crippen LogP contribution in [0.3, 0.4) is 0 Å². The molecule has 0 saturated carbocycles. The third-order valence-corrected chi connectivity index (χ3v) is 5.44. The third kappa shape index (κ3) is 5.29. The Hall–Kier alpha value is -3.93. The molecule has 0 aliphatic carbocycles. The van der Waals surface area contributed by atoms with Crippen LogP contribution in [0.25, 0.3) is 10.9 Å². The van der Waals surface area contributed by atoms with Crippen LogP contribution >= 0.6 is 0 Å². The number of hydrogen-bond acceptors (Lipinski definition) is 3. The van der Waals surface area contributed by atoms with Gasteiger partial charge in [-0.1, -0.05) is 29.8 Å². The van der Waals surface area contributed by atoms with Gasteiger partial charge >= 0.3 is 0 Å². The predicted molar refractivity (Wildman–Crippen MR) is 127 cm³/mol. The Kier molecular flexibility index (Phi) is 6.54. The number of H-pyrrole nitrogens is 1. The van der Waals surface area contributed by atoms with Crippen molar-refractivity contribution in [2.24, 2.45) is 0 Å². The monoisotopic (exact) mass is 444 g/mol. The van der Waals surface area contributed by atoms with Crippen molar-refractivity contribution >= 4 is 16.8 Å². The standard InChI is InChI=1S/C27H25FN2O3/c1-3-33-24-12-13-25-21(15-24)14-22(26(31)29-25)17-30(16-19-6-10-23(28)11-7-19)27(32)20-8-4-18(2)5-9-20/h4-15H,3,16-17H2,1-2H3,(H,29,31). The average Bonchev–Trinajstić information content (AvgIpc) is 2.81. The molecule has 0 fully saturated rings. The zero-order chi connectivity index (χ0) is 23.4. The largest absolute Gasteiger partial charge is 0.494 e. The summed E-state index contributed by atoms with van der Waals surface area (Å²) in [4.78, 5) is 30.7. The summed E-state index contributed by atoms with van der Waals surface area (Å²) in [6.07, 6.45) is 0. The number of ether oxygens (including phenoxy) is 1. The first kappa shape index (κ1) is 22.3. The number of halogens is 1. The van der Waals surface area contributed by atoms with Crippen molar-refractivity contribution in [1.82, 2.24) is 9.88 Å². The number of aryl methyl sites for hydroxylation is 1. The van der Waals surface area contributed by atoms with Gasteiger partial charge in [0.15, 0.2) is 0 Å². The van der Waals surface area contributed by atoms with Gasteiger partial charge in [-0.25, -0.2) is 4.39 Å². The summed E-state index contributed by atoms with van der Waals surface area (Å²) in [5, 5.41) is 0.820. The zero-order valence-corrected chi connectivity index (χ0v) is 18.6. The summed E-state index contributed by atoms with van der Waals surface area (Å²) >= 11 is 0. The van der Waals surface area contributed by atoms with Gasteiger partial charge < -0.3 is 14.6 Å². The van der Waals surface area contributed by atoms with Gasteiger partial charge in [-0.3, -0.25) is 9.59 Å². The molecule has 4 rings (SSSR count). The van der Waals surface area contributed by atoms with E-state index in [1.807, 2.05) is 38.1 Å². The van der Waals surface area contributed by atoms with Crippen LogP contribution in [-0.2, 0) is 13.1 Å². The van der Waals surface area contributed by atoms with Crippen molar-refractivity contribution in [3.05, 3.63) is 111 Å². The van der Waals surface area contributed by atoms with Crippen molar-refractivity contribution in [2.45, 2.75) is 26.9 Å².